The Bertz CT molecular complexity index is 765. The Morgan fingerprint density at radius 2 is 1.96 bits per heavy atom. The summed E-state index contributed by atoms with van der Waals surface area (Å²) in [5, 5.41) is 7.36. The van der Waals surface area contributed by atoms with E-state index in [9.17, 15) is 4.39 Å². The van der Waals surface area contributed by atoms with Crippen molar-refractivity contribution in [2.75, 3.05) is 23.7 Å². The fourth-order valence-electron chi connectivity index (χ4n) is 2.20. The molecule has 2 aromatic rings. The number of thiocarbonyl (C=S) groups is 1. The van der Waals surface area contributed by atoms with Crippen molar-refractivity contribution in [1.82, 2.24) is 4.90 Å². The number of guanidine groups is 1. The Morgan fingerprint density at radius 1 is 1.17 bits per heavy atom. The topological polar surface area (TPSA) is 39.7 Å². The average molecular weight is 349 g/mol. The van der Waals surface area contributed by atoms with Gasteiger partial charge in [-0.25, -0.2) is 4.39 Å². The summed E-state index contributed by atoms with van der Waals surface area (Å²) >= 11 is 11.4. The molecule has 0 saturated heterocycles. The van der Waals surface area contributed by atoms with Crippen LogP contribution >= 0.6 is 23.8 Å². The third-order valence-electron chi connectivity index (χ3n) is 3.24. The van der Waals surface area contributed by atoms with Gasteiger partial charge in [0.05, 0.1) is 6.54 Å². The fraction of sp³-hybridized carbons (Fsp3) is 0.125. The Morgan fingerprint density at radius 3 is 2.74 bits per heavy atom. The van der Waals surface area contributed by atoms with Crippen molar-refractivity contribution in [2.45, 2.75) is 0 Å². The molecule has 0 amide bonds. The maximum Gasteiger partial charge on any atom is 0.204 e. The zero-order valence-corrected chi connectivity index (χ0v) is 13.7. The third kappa shape index (κ3) is 3.97. The van der Waals surface area contributed by atoms with Gasteiger partial charge in [0.2, 0.25) is 5.96 Å². The van der Waals surface area contributed by atoms with Crippen LogP contribution in [0.5, 0.6) is 0 Å². The van der Waals surface area contributed by atoms with Crippen LogP contribution in [0.4, 0.5) is 15.8 Å². The monoisotopic (exact) mass is 348 g/mol. The summed E-state index contributed by atoms with van der Waals surface area (Å²) in [6, 6.07) is 13.5. The van der Waals surface area contributed by atoms with E-state index in [0.29, 0.717) is 34.9 Å². The molecular formula is C16H14ClFN4S. The van der Waals surface area contributed by atoms with Gasteiger partial charge in [-0.1, -0.05) is 23.7 Å². The van der Waals surface area contributed by atoms with E-state index in [1.807, 2.05) is 17.0 Å². The standard InChI is InChI=1S/C16H14ClFN4S/c17-11-3-1-5-13(9-11)21-16(23)22-8-7-19-15(22)20-14-6-2-4-12(18)10-14/h1-6,9-10H,7-8H2,(H,19,20)(H,21,23). The molecule has 1 aliphatic heterocycles. The first-order valence-electron chi connectivity index (χ1n) is 7.03. The Hall–Kier alpha value is -2.18. The molecule has 0 atom stereocenters. The van der Waals surface area contributed by atoms with Crippen LogP contribution in [0, 0.1) is 5.82 Å². The highest BCUT2D eigenvalue weighted by atomic mass is 35.5. The van der Waals surface area contributed by atoms with E-state index in [4.69, 9.17) is 23.8 Å². The number of benzene rings is 2. The Labute approximate surface area is 144 Å². The second kappa shape index (κ2) is 6.93. The van der Waals surface area contributed by atoms with Crippen molar-refractivity contribution < 1.29 is 4.39 Å². The van der Waals surface area contributed by atoms with E-state index in [2.05, 4.69) is 15.6 Å². The lowest BCUT2D eigenvalue weighted by atomic mass is 10.3. The van der Waals surface area contributed by atoms with Crippen molar-refractivity contribution in [3.8, 4) is 0 Å². The van der Waals surface area contributed by atoms with Gasteiger partial charge in [-0.05, 0) is 48.6 Å². The van der Waals surface area contributed by atoms with Gasteiger partial charge in [0.25, 0.3) is 0 Å². The van der Waals surface area contributed by atoms with E-state index >= 15 is 0 Å². The van der Waals surface area contributed by atoms with Crippen molar-refractivity contribution >= 4 is 46.3 Å². The second-order valence-corrected chi connectivity index (χ2v) is 5.76. The lowest BCUT2D eigenvalue weighted by Gasteiger charge is -2.22. The maximum atomic E-state index is 13.3. The number of rotatable bonds is 2. The zero-order valence-electron chi connectivity index (χ0n) is 12.1. The second-order valence-electron chi connectivity index (χ2n) is 4.93. The number of halogens is 2. The van der Waals surface area contributed by atoms with Gasteiger partial charge >= 0.3 is 0 Å². The summed E-state index contributed by atoms with van der Waals surface area (Å²) in [4.78, 5) is 6.21. The fourth-order valence-corrected chi connectivity index (χ4v) is 2.69. The smallest absolute Gasteiger partial charge is 0.204 e. The summed E-state index contributed by atoms with van der Waals surface area (Å²) < 4.78 is 13.3. The highest BCUT2D eigenvalue weighted by Crippen LogP contribution is 2.17. The normalized spacial score (nSPS) is 13.7. The predicted octanol–water partition coefficient (Wildman–Crippen LogP) is 3.96. The van der Waals surface area contributed by atoms with Crippen molar-refractivity contribution in [2.24, 2.45) is 4.99 Å². The molecule has 0 aliphatic carbocycles. The maximum absolute atomic E-state index is 13.3. The molecule has 2 aromatic carbocycles. The lowest BCUT2D eigenvalue weighted by Crippen LogP contribution is -2.40. The first-order chi connectivity index (χ1) is 11.1. The third-order valence-corrected chi connectivity index (χ3v) is 3.80. The van der Waals surface area contributed by atoms with Gasteiger partial charge in [-0.15, -0.1) is 0 Å². The van der Waals surface area contributed by atoms with E-state index in [0.717, 1.165) is 5.69 Å². The highest BCUT2D eigenvalue weighted by molar-refractivity contribution is 7.80. The van der Waals surface area contributed by atoms with E-state index < -0.39 is 0 Å². The molecule has 23 heavy (non-hydrogen) atoms. The van der Waals surface area contributed by atoms with Crippen LogP contribution in [0.25, 0.3) is 0 Å². The van der Waals surface area contributed by atoms with Crippen LogP contribution in [0.15, 0.2) is 53.5 Å². The quantitative estimate of drug-likeness (QED) is 0.806. The first kappa shape index (κ1) is 15.7. The molecule has 4 nitrogen and oxygen atoms in total. The zero-order chi connectivity index (χ0) is 16.2. The van der Waals surface area contributed by atoms with Crippen molar-refractivity contribution in [1.29, 1.82) is 0 Å². The van der Waals surface area contributed by atoms with Crippen molar-refractivity contribution in [3.63, 3.8) is 0 Å². The largest absolute Gasteiger partial charge is 0.332 e. The molecule has 0 radical (unpaired) electrons. The molecule has 0 spiro atoms. The van der Waals surface area contributed by atoms with E-state index in [1.54, 1.807) is 24.3 Å². The molecule has 0 aromatic heterocycles. The number of aliphatic imine (C=N–C) groups is 1. The molecule has 0 saturated carbocycles. The van der Waals surface area contributed by atoms with Gasteiger partial charge in [-0.2, -0.15) is 0 Å². The number of nitrogens with one attached hydrogen (secondary N) is 2. The van der Waals surface area contributed by atoms with Gasteiger partial charge in [0.15, 0.2) is 5.11 Å². The minimum absolute atomic E-state index is 0.306. The van der Waals surface area contributed by atoms with Crippen LogP contribution in [0.1, 0.15) is 0 Å². The summed E-state index contributed by atoms with van der Waals surface area (Å²) in [6.45, 7) is 1.28. The molecule has 2 N–H and O–H groups in total. The molecule has 0 bridgehead atoms. The van der Waals surface area contributed by atoms with Crippen LogP contribution < -0.4 is 10.6 Å². The number of hydrogen-bond donors (Lipinski definition) is 2. The van der Waals surface area contributed by atoms with Gasteiger partial charge in [-0.3, -0.25) is 9.89 Å². The van der Waals surface area contributed by atoms with Crippen molar-refractivity contribution in [3.05, 3.63) is 59.4 Å². The molecule has 7 heteroatoms. The summed E-state index contributed by atoms with van der Waals surface area (Å²) in [6.07, 6.45) is 0. The van der Waals surface area contributed by atoms with E-state index in [1.165, 1.54) is 12.1 Å². The van der Waals surface area contributed by atoms with Crippen LogP contribution in [0.3, 0.4) is 0 Å². The molecule has 1 heterocycles. The highest BCUT2D eigenvalue weighted by Gasteiger charge is 2.21. The molecule has 1 aliphatic rings. The molecular weight excluding hydrogens is 335 g/mol. The molecule has 0 unspecified atom stereocenters. The SMILES string of the molecule is Fc1cccc(NC2=NCCN2C(=S)Nc2cccc(Cl)c2)c1. The average Bonchev–Trinajstić information content (AvgIpc) is 2.95. The van der Waals surface area contributed by atoms with E-state index in [-0.39, 0.29) is 5.82 Å². The molecule has 0 fully saturated rings. The summed E-state index contributed by atoms with van der Waals surface area (Å²) in [5.74, 6) is 0.287. The number of nitrogens with zero attached hydrogens (tertiary/aromatic N) is 2. The van der Waals surface area contributed by atoms with Crippen LogP contribution in [-0.4, -0.2) is 29.1 Å². The molecule has 118 valence electrons. The first-order valence-corrected chi connectivity index (χ1v) is 7.81. The minimum atomic E-state index is -0.306. The lowest BCUT2D eigenvalue weighted by molar-refractivity contribution is 0.628. The van der Waals surface area contributed by atoms with Gasteiger partial charge in [0.1, 0.15) is 5.82 Å². The van der Waals surface area contributed by atoms with Gasteiger partial charge in [0, 0.05) is 22.9 Å². The number of hydrogen-bond acceptors (Lipinski definition) is 3. The van der Waals surface area contributed by atoms with Gasteiger partial charge < -0.3 is 10.6 Å². The Kier molecular flexibility index (Phi) is 4.73. The minimum Gasteiger partial charge on any atom is -0.332 e. The Balaban J connectivity index is 1.69. The van der Waals surface area contributed by atoms with Crippen LogP contribution in [-0.2, 0) is 0 Å². The molecule has 3 rings (SSSR count). The summed E-state index contributed by atoms with van der Waals surface area (Å²) in [7, 11) is 0. The number of anilines is 2. The summed E-state index contributed by atoms with van der Waals surface area (Å²) in [5.41, 5.74) is 1.43. The predicted molar refractivity (Wildman–Crippen MR) is 96.7 cm³/mol. The van der Waals surface area contributed by atoms with Crippen LogP contribution in [0.2, 0.25) is 5.02 Å².